The summed E-state index contributed by atoms with van der Waals surface area (Å²) in [6.45, 7) is 4.40. The third-order valence-electron chi connectivity index (χ3n) is 1.39. The van der Waals surface area contributed by atoms with E-state index in [9.17, 15) is 0 Å². The van der Waals surface area contributed by atoms with Gasteiger partial charge in [0.1, 0.15) is 7.28 Å². The Hall–Kier alpha value is 0.0249. The SMILES string of the molecule is CBC(CC)NC. The monoisotopic (exact) mass is 99.1 g/mol. The molecular formula is C5H14BN. The minimum atomic E-state index is 0.736. The van der Waals surface area contributed by atoms with Gasteiger partial charge in [-0.1, -0.05) is 13.7 Å². The van der Waals surface area contributed by atoms with Gasteiger partial charge in [0.05, 0.1) is 0 Å². The van der Waals surface area contributed by atoms with Crippen molar-refractivity contribution in [1.82, 2.24) is 5.32 Å². The highest BCUT2D eigenvalue weighted by Gasteiger charge is 1.96. The summed E-state index contributed by atoms with van der Waals surface area (Å²) >= 11 is 0. The van der Waals surface area contributed by atoms with Gasteiger partial charge in [0.25, 0.3) is 0 Å². The van der Waals surface area contributed by atoms with Gasteiger partial charge in [-0.25, -0.2) is 0 Å². The first-order valence-electron chi connectivity index (χ1n) is 3.02. The van der Waals surface area contributed by atoms with Crippen molar-refractivity contribution >= 4 is 7.28 Å². The van der Waals surface area contributed by atoms with Crippen LogP contribution in [0.4, 0.5) is 0 Å². The van der Waals surface area contributed by atoms with E-state index in [2.05, 4.69) is 19.1 Å². The minimum Gasteiger partial charge on any atom is -0.324 e. The molecule has 1 N–H and O–H groups in total. The van der Waals surface area contributed by atoms with Crippen molar-refractivity contribution in [3.8, 4) is 0 Å². The van der Waals surface area contributed by atoms with Crippen LogP contribution in [-0.2, 0) is 0 Å². The van der Waals surface area contributed by atoms with E-state index >= 15 is 0 Å². The van der Waals surface area contributed by atoms with Crippen molar-refractivity contribution in [3.05, 3.63) is 0 Å². The third kappa shape index (κ3) is 2.69. The lowest BCUT2D eigenvalue weighted by Crippen LogP contribution is -2.28. The Balaban J connectivity index is 2.99. The van der Waals surface area contributed by atoms with E-state index in [0.717, 1.165) is 5.94 Å². The van der Waals surface area contributed by atoms with Crippen LogP contribution in [-0.4, -0.2) is 20.3 Å². The van der Waals surface area contributed by atoms with Crippen molar-refractivity contribution in [1.29, 1.82) is 0 Å². The van der Waals surface area contributed by atoms with Crippen LogP contribution in [0.5, 0.6) is 0 Å². The first kappa shape index (κ1) is 7.02. The lowest BCUT2D eigenvalue weighted by Gasteiger charge is -2.07. The molecular weight excluding hydrogens is 84.9 g/mol. The largest absolute Gasteiger partial charge is 0.324 e. The minimum absolute atomic E-state index is 0.736. The molecule has 0 aliphatic carbocycles. The Morgan fingerprint density at radius 3 is 2.29 bits per heavy atom. The molecule has 0 fully saturated rings. The standard InChI is InChI=1S/C5H14BN/c1-4-5(6-2)7-3/h5-7H,4H2,1-3H3. The molecule has 0 aromatic carbocycles. The van der Waals surface area contributed by atoms with E-state index in [-0.39, 0.29) is 0 Å². The molecule has 0 spiro atoms. The maximum absolute atomic E-state index is 3.20. The van der Waals surface area contributed by atoms with Gasteiger partial charge in [-0.3, -0.25) is 0 Å². The molecule has 42 valence electrons. The van der Waals surface area contributed by atoms with Crippen LogP contribution in [0.2, 0.25) is 6.82 Å². The highest BCUT2D eigenvalue weighted by molar-refractivity contribution is 6.35. The van der Waals surface area contributed by atoms with Gasteiger partial charge in [0.15, 0.2) is 0 Å². The number of hydrogen-bond acceptors (Lipinski definition) is 1. The zero-order chi connectivity index (χ0) is 5.70. The van der Waals surface area contributed by atoms with Crippen LogP contribution >= 0.6 is 0 Å². The van der Waals surface area contributed by atoms with Crippen LogP contribution in [0, 0.1) is 0 Å². The Bertz CT molecular complexity index is 29.6. The molecule has 1 unspecified atom stereocenters. The molecule has 0 aliphatic rings. The second-order valence-corrected chi connectivity index (χ2v) is 1.80. The summed E-state index contributed by atoms with van der Waals surface area (Å²) in [5.74, 6) is 0.736. The summed E-state index contributed by atoms with van der Waals surface area (Å²) in [5, 5.41) is 3.20. The summed E-state index contributed by atoms with van der Waals surface area (Å²) in [7, 11) is 3.25. The Morgan fingerprint density at radius 2 is 2.29 bits per heavy atom. The van der Waals surface area contributed by atoms with Crippen LogP contribution in [0.15, 0.2) is 0 Å². The number of hydrogen-bond donors (Lipinski definition) is 1. The summed E-state index contributed by atoms with van der Waals surface area (Å²) < 4.78 is 0. The summed E-state index contributed by atoms with van der Waals surface area (Å²) in [5.41, 5.74) is 0. The lowest BCUT2D eigenvalue weighted by molar-refractivity contribution is 0.700. The molecule has 0 aromatic heterocycles. The average molecular weight is 99.0 g/mol. The normalized spacial score (nSPS) is 13.6. The van der Waals surface area contributed by atoms with Gasteiger partial charge in [-0.05, 0) is 19.4 Å². The first-order chi connectivity index (χ1) is 3.35. The van der Waals surface area contributed by atoms with Gasteiger partial charge < -0.3 is 5.32 Å². The second kappa shape index (κ2) is 4.19. The van der Waals surface area contributed by atoms with Crippen molar-refractivity contribution in [2.75, 3.05) is 7.05 Å². The quantitative estimate of drug-likeness (QED) is 0.506. The molecule has 2 heteroatoms. The zero-order valence-corrected chi connectivity index (χ0v) is 5.49. The van der Waals surface area contributed by atoms with Crippen molar-refractivity contribution in [2.24, 2.45) is 0 Å². The predicted octanol–water partition coefficient (Wildman–Crippen LogP) is 0.426. The molecule has 0 aliphatic heterocycles. The molecule has 0 amide bonds. The number of nitrogens with one attached hydrogen (secondary N) is 1. The fourth-order valence-electron chi connectivity index (χ4n) is 0.697. The van der Waals surface area contributed by atoms with Gasteiger partial charge in [0, 0.05) is 0 Å². The lowest BCUT2D eigenvalue weighted by atomic mass is 9.71. The van der Waals surface area contributed by atoms with Gasteiger partial charge in [-0.2, -0.15) is 0 Å². The molecule has 1 atom stereocenters. The van der Waals surface area contributed by atoms with Crippen LogP contribution < -0.4 is 5.32 Å². The molecule has 0 aromatic rings. The van der Waals surface area contributed by atoms with Gasteiger partial charge in [0.2, 0.25) is 0 Å². The second-order valence-electron chi connectivity index (χ2n) is 1.80. The molecule has 0 bridgehead atoms. The smallest absolute Gasteiger partial charge is 0.138 e. The van der Waals surface area contributed by atoms with E-state index in [1.165, 1.54) is 13.7 Å². The third-order valence-corrected chi connectivity index (χ3v) is 1.39. The Labute approximate surface area is 46.7 Å². The van der Waals surface area contributed by atoms with Gasteiger partial charge >= 0.3 is 0 Å². The van der Waals surface area contributed by atoms with Crippen molar-refractivity contribution in [2.45, 2.75) is 26.1 Å². The molecule has 0 rings (SSSR count). The Kier molecular flexibility index (Phi) is 4.21. The summed E-state index contributed by atoms with van der Waals surface area (Å²) in [6.07, 6.45) is 1.24. The molecule has 0 saturated carbocycles. The first-order valence-corrected chi connectivity index (χ1v) is 3.02. The van der Waals surface area contributed by atoms with E-state index < -0.39 is 0 Å². The van der Waals surface area contributed by atoms with E-state index in [0.29, 0.717) is 0 Å². The highest BCUT2D eigenvalue weighted by Crippen LogP contribution is 1.83. The fraction of sp³-hybridized carbons (Fsp3) is 1.00. The van der Waals surface area contributed by atoms with E-state index in [1.54, 1.807) is 0 Å². The topological polar surface area (TPSA) is 12.0 Å². The molecule has 0 heterocycles. The van der Waals surface area contributed by atoms with E-state index in [1.807, 2.05) is 7.05 Å². The Morgan fingerprint density at radius 1 is 1.71 bits per heavy atom. The zero-order valence-electron chi connectivity index (χ0n) is 5.49. The summed E-state index contributed by atoms with van der Waals surface area (Å²) in [6, 6.07) is 0. The molecule has 0 radical (unpaired) electrons. The number of rotatable bonds is 3. The molecule has 7 heavy (non-hydrogen) atoms. The van der Waals surface area contributed by atoms with Crippen LogP contribution in [0.25, 0.3) is 0 Å². The van der Waals surface area contributed by atoms with Crippen molar-refractivity contribution < 1.29 is 0 Å². The van der Waals surface area contributed by atoms with Crippen LogP contribution in [0.3, 0.4) is 0 Å². The molecule has 1 nitrogen and oxygen atoms in total. The maximum Gasteiger partial charge on any atom is 0.138 e. The van der Waals surface area contributed by atoms with Crippen LogP contribution in [0.1, 0.15) is 13.3 Å². The average Bonchev–Trinajstić information content (AvgIpc) is 1.72. The van der Waals surface area contributed by atoms with E-state index in [4.69, 9.17) is 0 Å². The fourth-order valence-corrected chi connectivity index (χ4v) is 0.697. The predicted molar refractivity (Wildman–Crippen MR) is 36.2 cm³/mol. The highest BCUT2D eigenvalue weighted by atomic mass is 14.8. The molecule has 0 saturated heterocycles. The summed E-state index contributed by atoms with van der Waals surface area (Å²) in [4.78, 5) is 0. The van der Waals surface area contributed by atoms with Gasteiger partial charge in [-0.15, -0.1) is 0 Å². The van der Waals surface area contributed by atoms with Crippen molar-refractivity contribution in [3.63, 3.8) is 0 Å². The maximum atomic E-state index is 3.20.